The second-order valence-electron chi connectivity index (χ2n) is 11.6. The molecule has 0 radical (unpaired) electrons. The van der Waals surface area contributed by atoms with E-state index in [9.17, 15) is 14.4 Å². The van der Waals surface area contributed by atoms with Gasteiger partial charge in [-0.1, -0.05) is 86.6 Å². The van der Waals surface area contributed by atoms with Crippen molar-refractivity contribution in [1.82, 2.24) is 4.90 Å². The summed E-state index contributed by atoms with van der Waals surface area (Å²) in [7, 11) is 0. The highest BCUT2D eigenvalue weighted by Crippen LogP contribution is 2.62. The summed E-state index contributed by atoms with van der Waals surface area (Å²) >= 11 is 1.37. The Morgan fingerprint density at radius 2 is 1.68 bits per heavy atom. The minimum atomic E-state index is -1.30. The normalized spacial score (nSPS) is 23.8. The number of fused-ring (bicyclic) bond motifs is 6. The van der Waals surface area contributed by atoms with E-state index in [1.807, 2.05) is 101 Å². The van der Waals surface area contributed by atoms with Gasteiger partial charge in [-0.25, -0.2) is 0 Å². The van der Waals surface area contributed by atoms with Crippen LogP contribution in [0.5, 0.6) is 0 Å². The van der Waals surface area contributed by atoms with E-state index in [2.05, 4.69) is 19.2 Å². The van der Waals surface area contributed by atoms with Crippen LogP contribution in [0.2, 0.25) is 0 Å². The molecular formula is C35H30N2O3S. The number of hydrogen-bond donors (Lipinski definition) is 1. The first-order chi connectivity index (χ1) is 19.9. The summed E-state index contributed by atoms with van der Waals surface area (Å²) in [6.45, 7) is 4.33. The maximum absolute atomic E-state index is 14.9. The molecule has 0 unspecified atom stereocenters. The van der Waals surface area contributed by atoms with Crippen molar-refractivity contribution in [2.45, 2.75) is 37.8 Å². The predicted molar refractivity (Wildman–Crippen MR) is 162 cm³/mol. The molecule has 1 amide bonds. The summed E-state index contributed by atoms with van der Waals surface area (Å²) in [6, 6.07) is 25.6. The van der Waals surface area contributed by atoms with Crippen LogP contribution < -0.4 is 5.32 Å². The number of Topliss-reactive ketones (excluding diaryl/α,β-unsaturated/α-hetero) is 2. The summed E-state index contributed by atoms with van der Waals surface area (Å²) in [5.74, 6) is -1.03. The number of benzene rings is 3. The fraction of sp³-hybridized carbons (Fsp3) is 0.229. The van der Waals surface area contributed by atoms with Crippen molar-refractivity contribution < 1.29 is 14.4 Å². The number of carbonyl (C=O) groups excluding carboxylic acids is 3. The van der Waals surface area contributed by atoms with Crippen LogP contribution in [-0.4, -0.2) is 28.4 Å². The SMILES string of the molecule is CC(C)Cc1ccc(C(=O)[C@H]2[C@H](C(=O)c3cccs3)N3C=Cc4ccccc4[C@@H]3[C@]23C(=O)Nc2ccccc23)cc1. The largest absolute Gasteiger partial charge is 0.358 e. The minimum Gasteiger partial charge on any atom is -0.358 e. The topological polar surface area (TPSA) is 66.5 Å². The lowest BCUT2D eigenvalue weighted by Gasteiger charge is -2.38. The highest BCUT2D eigenvalue weighted by molar-refractivity contribution is 7.12. The van der Waals surface area contributed by atoms with E-state index in [1.165, 1.54) is 11.3 Å². The molecule has 1 spiro atoms. The Morgan fingerprint density at radius 3 is 2.44 bits per heavy atom. The van der Waals surface area contributed by atoms with Gasteiger partial charge in [-0.3, -0.25) is 14.4 Å². The second-order valence-corrected chi connectivity index (χ2v) is 12.5. The Balaban J connectivity index is 1.48. The molecule has 4 heterocycles. The Hall–Kier alpha value is -4.29. The molecule has 6 heteroatoms. The Kier molecular flexibility index (Phi) is 6.05. The number of ketones is 2. The number of anilines is 1. The Bertz CT molecular complexity index is 1710. The van der Waals surface area contributed by atoms with Crippen LogP contribution in [0.1, 0.15) is 62.2 Å². The van der Waals surface area contributed by atoms with Gasteiger partial charge in [0.05, 0.1) is 16.8 Å². The number of nitrogens with one attached hydrogen (secondary N) is 1. The molecule has 204 valence electrons. The van der Waals surface area contributed by atoms with Crippen LogP contribution in [0.4, 0.5) is 5.69 Å². The molecule has 41 heavy (non-hydrogen) atoms. The van der Waals surface area contributed by atoms with Crippen molar-refractivity contribution >= 4 is 40.6 Å². The van der Waals surface area contributed by atoms with E-state index in [0.717, 1.165) is 28.7 Å². The van der Waals surface area contributed by atoms with E-state index in [1.54, 1.807) is 6.07 Å². The number of para-hydroxylation sites is 1. The van der Waals surface area contributed by atoms with Gasteiger partial charge in [-0.05, 0) is 58.2 Å². The summed E-state index contributed by atoms with van der Waals surface area (Å²) in [6.07, 6.45) is 4.81. The van der Waals surface area contributed by atoms with Gasteiger partial charge in [-0.2, -0.15) is 0 Å². The number of amides is 1. The first-order valence-corrected chi connectivity index (χ1v) is 15.0. The molecule has 3 aromatic carbocycles. The van der Waals surface area contributed by atoms with Gasteiger partial charge < -0.3 is 10.2 Å². The number of nitrogens with zero attached hydrogens (tertiary/aromatic N) is 1. The molecule has 4 atom stereocenters. The van der Waals surface area contributed by atoms with Crippen molar-refractivity contribution in [2.24, 2.45) is 11.8 Å². The van der Waals surface area contributed by atoms with Gasteiger partial charge in [0.1, 0.15) is 11.5 Å². The molecular weight excluding hydrogens is 528 g/mol. The molecule has 1 saturated heterocycles. The molecule has 1 fully saturated rings. The van der Waals surface area contributed by atoms with Crippen LogP contribution in [0.3, 0.4) is 0 Å². The Morgan fingerprint density at radius 1 is 0.927 bits per heavy atom. The fourth-order valence-corrected chi connectivity index (χ4v) is 7.89. The van der Waals surface area contributed by atoms with E-state index in [4.69, 9.17) is 0 Å². The highest BCUT2D eigenvalue weighted by atomic mass is 32.1. The molecule has 3 aliphatic rings. The van der Waals surface area contributed by atoms with Gasteiger partial charge in [0.2, 0.25) is 5.91 Å². The molecule has 7 rings (SSSR count). The molecule has 3 aliphatic heterocycles. The maximum atomic E-state index is 14.9. The van der Waals surface area contributed by atoms with E-state index < -0.39 is 23.4 Å². The molecule has 0 bridgehead atoms. The fourth-order valence-electron chi connectivity index (χ4n) is 7.19. The Labute approximate surface area is 243 Å². The van der Waals surface area contributed by atoms with Gasteiger partial charge >= 0.3 is 0 Å². The summed E-state index contributed by atoms with van der Waals surface area (Å²) in [5.41, 5.74) is 3.75. The van der Waals surface area contributed by atoms with Crippen molar-refractivity contribution in [1.29, 1.82) is 0 Å². The van der Waals surface area contributed by atoms with Crippen molar-refractivity contribution in [3.63, 3.8) is 0 Å². The number of thiophene rings is 1. The monoisotopic (exact) mass is 558 g/mol. The molecule has 1 aromatic heterocycles. The van der Waals surface area contributed by atoms with Crippen LogP contribution >= 0.6 is 11.3 Å². The molecule has 4 aromatic rings. The summed E-state index contributed by atoms with van der Waals surface area (Å²) in [5, 5.41) is 4.98. The molecule has 1 N–H and O–H groups in total. The first kappa shape index (κ1) is 25.7. The number of rotatable bonds is 6. The second kappa shape index (κ2) is 9.67. The van der Waals surface area contributed by atoms with Crippen LogP contribution in [-0.2, 0) is 16.6 Å². The lowest BCUT2D eigenvalue weighted by atomic mass is 9.62. The van der Waals surface area contributed by atoms with Crippen molar-refractivity contribution in [3.8, 4) is 0 Å². The van der Waals surface area contributed by atoms with Crippen LogP contribution in [0.15, 0.2) is 96.5 Å². The van der Waals surface area contributed by atoms with Gasteiger partial charge in [-0.15, -0.1) is 11.3 Å². The maximum Gasteiger partial charge on any atom is 0.238 e. The van der Waals surface area contributed by atoms with Crippen LogP contribution in [0.25, 0.3) is 6.08 Å². The lowest BCUT2D eigenvalue weighted by molar-refractivity contribution is -0.122. The van der Waals surface area contributed by atoms with E-state index >= 15 is 0 Å². The number of hydrogen-bond acceptors (Lipinski definition) is 5. The third-order valence-corrected chi connectivity index (χ3v) is 9.65. The molecule has 5 nitrogen and oxygen atoms in total. The summed E-state index contributed by atoms with van der Waals surface area (Å²) < 4.78 is 0. The molecule has 0 saturated carbocycles. The van der Waals surface area contributed by atoms with Crippen molar-refractivity contribution in [3.05, 3.63) is 129 Å². The third-order valence-electron chi connectivity index (χ3n) is 8.77. The average Bonchev–Trinajstić information content (AvgIpc) is 3.69. The predicted octanol–water partition coefficient (Wildman–Crippen LogP) is 6.93. The van der Waals surface area contributed by atoms with Gasteiger partial charge in [0.15, 0.2) is 11.6 Å². The third kappa shape index (κ3) is 3.77. The summed E-state index contributed by atoms with van der Waals surface area (Å²) in [4.78, 5) is 46.3. The van der Waals surface area contributed by atoms with Gasteiger partial charge in [0, 0.05) is 17.5 Å². The van der Waals surface area contributed by atoms with Crippen LogP contribution in [0, 0.1) is 11.8 Å². The average molecular weight is 559 g/mol. The zero-order valence-electron chi connectivity index (χ0n) is 22.9. The molecule has 0 aliphatic carbocycles. The van der Waals surface area contributed by atoms with Crippen molar-refractivity contribution in [2.75, 3.05) is 5.32 Å². The number of carbonyl (C=O) groups is 3. The lowest BCUT2D eigenvalue weighted by Crippen LogP contribution is -2.49. The minimum absolute atomic E-state index is 0.141. The first-order valence-electron chi connectivity index (χ1n) is 14.1. The zero-order valence-corrected chi connectivity index (χ0v) is 23.7. The van der Waals surface area contributed by atoms with Gasteiger partial charge in [0.25, 0.3) is 0 Å². The highest BCUT2D eigenvalue weighted by Gasteiger charge is 2.70. The zero-order chi connectivity index (χ0) is 28.3. The van der Waals surface area contributed by atoms with E-state index in [-0.39, 0.29) is 17.5 Å². The quantitative estimate of drug-likeness (QED) is 0.261. The smallest absolute Gasteiger partial charge is 0.238 e. The standard InChI is InChI=1S/C35H30N2O3S/c1-21(2)20-22-13-15-24(16-14-22)31(38)29-30(32(39)28-12-7-19-41-28)37-18-17-23-8-3-4-9-25(23)33(37)35(29)26-10-5-6-11-27(26)36-34(35)40/h3-19,21,29-30,33H,20H2,1-2H3,(H,36,40)/t29-,30-,33-,35-/m1/s1. The van der Waals surface area contributed by atoms with E-state index in [0.29, 0.717) is 22.0 Å².